The number of benzene rings is 8. The van der Waals surface area contributed by atoms with Crippen LogP contribution in [0.15, 0.2) is 176 Å². The summed E-state index contributed by atoms with van der Waals surface area (Å²) >= 11 is 3.82. The summed E-state index contributed by atoms with van der Waals surface area (Å²) in [4.78, 5) is 0. The first-order valence-corrected chi connectivity index (χ1v) is 19.0. The molecule has 0 N–H and O–H groups in total. The van der Waals surface area contributed by atoms with Crippen molar-refractivity contribution in [1.82, 2.24) is 4.57 Å². The summed E-state index contributed by atoms with van der Waals surface area (Å²) < 4.78 is 7.79. The number of hydrogen-bond donors (Lipinski definition) is 0. The molecule has 51 heavy (non-hydrogen) atoms. The summed E-state index contributed by atoms with van der Waals surface area (Å²) in [5, 5.41) is 7.79. The Bertz CT molecular complexity index is 3130. The summed E-state index contributed by atoms with van der Waals surface area (Å²) in [5.74, 6) is 0. The van der Waals surface area contributed by atoms with Crippen molar-refractivity contribution in [3.05, 3.63) is 176 Å². The normalized spacial score (nSPS) is 11.9. The first-order chi connectivity index (χ1) is 25.3. The quantitative estimate of drug-likeness (QED) is 0.174. The van der Waals surface area contributed by atoms with Crippen LogP contribution in [0.3, 0.4) is 0 Å². The van der Waals surface area contributed by atoms with Crippen LogP contribution < -0.4 is 0 Å². The maximum absolute atomic E-state index is 2.50. The number of thiophene rings is 2. The first kappa shape index (κ1) is 28.8. The van der Waals surface area contributed by atoms with Gasteiger partial charge in [0.15, 0.2) is 0 Å². The zero-order chi connectivity index (χ0) is 33.5. The van der Waals surface area contributed by atoms with Gasteiger partial charge in [0.05, 0.1) is 21.4 Å². The van der Waals surface area contributed by atoms with Gasteiger partial charge in [-0.1, -0.05) is 140 Å². The Balaban J connectivity index is 1.22. The molecule has 0 aliphatic carbocycles. The minimum Gasteiger partial charge on any atom is -0.308 e. The highest BCUT2D eigenvalue weighted by Crippen LogP contribution is 2.48. The Hall–Kier alpha value is -6.00. The van der Waals surface area contributed by atoms with Gasteiger partial charge in [0, 0.05) is 52.0 Å². The second-order valence-electron chi connectivity index (χ2n) is 13.3. The number of rotatable bonds is 4. The monoisotopic (exact) mass is 683 g/mol. The molecular formula is C48H29NS2. The molecule has 0 unspecified atom stereocenters. The van der Waals surface area contributed by atoms with Gasteiger partial charge in [-0.15, -0.1) is 22.7 Å². The van der Waals surface area contributed by atoms with Gasteiger partial charge in [-0.3, -0.25) is 0 Å². The number of para-hydroxylation sites is 1. The molecule has 3 heterocycles. The topological polar surface area (TPSA) is 4.93 Å². The minimum absolute atomic E-state index is 1.22. The molecule has 0 fully saturated rings. The average Bonchev–Trinajstić information content (AvgIpc) is 3.88. The predicted molar refractivity (Wildman–Crippen MR) is 223 cm³/mol. The molecule has 0 bridgehead atoms. The lowest BCUT2D eigenvalue weighted by Crippen LogP contribution is -1.94. The molecule has 0 amide bonds. The van der Waals surface area contributed by atoms with Crippen molar-refractivity contribution in [3.63, 3.8) is 0 Å². The van der Waals surface area contributed by atoms with E-state index in [1.807, 2.05) is 22.7 Å². The molecule has 238 valence electrons. The third-order valence-corrected chi connectivity index (χ3v) is 12.9. The fourth-order valence-electron chi connectivity index (χ4n) is 8.06. The van der Waals surface area contributed by atoms with E-state index in [0.29, 0.717) is 0 Å². The zero-order valence-electron chi connectivity index (χ0n) is 27.5. The number of nitrogens with zero attached hydrogens (tertiary/aromatic N) is 1. The summed E-state index contributed by atoms with van der Waals surface area (Å²) in [7, 11) is 0. The first-order valence-electron chi connectivity index (χ1n) is 17.3. The van der Waals surface area contributed by atoms with E-state index in [4.69, 9.17) is 0 Å². The maximum Gasteiger partial charge on any atom is 0.0640 e. The van der Waals surface area contributed by atoms with Crippen LogP contribution >= 0.6 is 22.7 Å². The number of fused-ring (bicyclic) bond motifs is 9. The average molecular weight is 684 g/mol. The predicted octanol–water partition coefficient (Wildman–Crippen LogP) is 14.5. The highest BCUT2D eigenvalue weighted by atomic mass is 32.1. The van der Waals surface area contributed by atoms with E-state index < -0.39 is 0 Å². The van der Waals surface area contributed by atoms with Crippen molar-refractivity contribution in [2.45, 2.75) is 0 Å². The van der Waals surface area contributed by atoms with Crippen molar-refractivity contribution in [2.75, 3.05) is 0 Å². The fraction of sp³-hybridized carbons (Fsp3) is 0. The van der Waals surface area contributed by atoms with Crippen LogP contribution in [-0.2, 0) is 0 Å². The molecule has 0 aliphatic heterocycles. The lowest BCUT2D eigenvalue weighted by atomic mass is 9.95. The van der Waals surface area contributed by atoms with E-state index in [1.165, 1.54) is 101 Å². The van der Waals surface area contributed by atoms with Gasteiger partial charge in [-0.05, 0) is 64.2 Å². The Morgan fingerprint density at radius 1 is 0.314 bits per heavy atom. The van der Waals surface area contributed by atoms with Gasteiger partial charge in [0.2, 0.25) is 0 Å². The summed E-state index contributed by atoms with van der Waals surface area (Å²) in [6, 6.07) is 64.7. The van der Waals surface area contributed by atoms with E-state index in [9.17, 15) is 0 Å². The molecule has 0 aliphatic rings. The van der Waals surface area contributed by atoms with E-state index in [2.05, 4.69) is 180 Å². The molecule has 11 rings (SSSR count). The third-order valence-electron chi connectivity index (χ3n) is 10.4. The Morgan fingerprint density at radius 3 is 1.80 bits per heavy atom. The lowest BCUT2D eigenvalue weighted by Gasteiger charge is -2.10. The zero-order valence-corrected chi connectivity index (χ0v) is 29.1. The smallest absolute Gasteiger partial charge is 0.0640 e. The van der Waals surface area contributed by atoms with E-state index in [0.717, 1.165) is 0 Å². The summed E-state index contributed by atoms with van der Waals surface area (Å²) in [5.41, 5.74) is 11.2. The standard InChI is InChI=1S/C48H29NS2/c1-3-13-30(14-4-1)32-25-26-36-35-17-7-9-22-42(35)49(44(36)29-32)43-23-12-21-39-41-28-33(27-40(47(41)51-48(39)43)31-15-5-2-6-16-31)34-19-11-20-38-37-18-8-10-24-45(37)50-46(34)38/h1-29H. The van der Waals surface area contributed by atoms with Gasteiger partial charge in [-0.2, -0.15) is 0 Å². The highest BCUT2D eigenvalue weighted by Gasteiger charge is 2.20. The molecule has 0 radical (unpaired) electrons. The van der Waals surface area contributed by atoms with Crippen LogP contribution in [0.1, 0.15) is 0 Å². The van der Waals surface area contributed by atoms with Crippen molar-refractivity contribution in [3.8, 4) is 39.1 Å². The van der Waals surface area contributed by atoms with Crippen molar-refractivity contribution in [2.24, 2.45) is 0 Å². The number of hydrogen-bond acceptors (Lipinski definition) is 2. The summed E-state index contributed by atoms with van der Waals surface area (Å²) in [6.07, 6.45) is 0. The van der Waals surface area contributed by atoms with Crippen LogP contribution in [0.4, 0.5) is 0 Å². The molecule has 1 nitrogen and oxygen atoms in total. The van der Waals surface area contributed by atoms with Crippen molar-refractivity contribution >= 4 is 84.8 Å². The molecular weight excluding hydrogens is 655 g/mol. The van der Waals surface area contributed by atoms with Crippen LogP contribution in [-0.4, -0.2) is 4.57 Å². The minimum atomic E-state index is 1.22. The maximum atomic E-state index is 2.50. The van der Waals surface area contributed by atoms with Gasteiger partial charge < -0.3 is 4.57 Å². The van der Waals surface area contributed by atoms with Crippen LogP contribution in [0.5, 0.6) is 0 Å². The van der Waals surface area contributed by atoms with Gasteiger partial charge in [0.1, 0.15) is 0 Å². The molecule has 0 saturated carbocycles. The molecule has 0 saturated heterocycles. The van der Waals surface area contributed by atoms with Crippen LogP contribution in [0, 0.1) is 0 Å². The second kappa shape index (κ2) is 11.3. The van der Waals surface area contributed by atoms with Gasteiger partial charge in [-0.25, -0.2) is 0 Å². The summed E-state index contributed by atoms with van der Waals surface area (Å²) in [6.45, 7) is 0. The van der Waals surface area contributed by atoms with Crippen LogP contribution in [0.25, 0.3) is 101 Å². The van der Waals surface area contributed by atoms with Gasteiger partial charge in [0.25, 0.3) is 0 Å². The fourth-order valence-corrected chi connectivity index (χ4v) is 10.6. The Labute approximate surface area is 302 Å². The van der Waals surface area contributed by atoms with Crippen molar-refractivity contribution in [1.29, 1.82) is 0 Å². The molecule has 11 aromatic rings. The third kappa shape index (κ3) is 4.39. The second-order valence-corrected chi connectivity index (χ2v) is 15.3. The lowest BCUT2D eigenvalue weighted by molar-refractivity contribution is 1.20. The molecule has 0 spiro atoms. The molecule has 3 heteroatoms. The Morgan fingerprint density at radius 2 is 0.961 bits per heavy atom. The van der Waals surface area contributed by atoms with Crippen LogP contribution in [0.2, 0.25) is 0 Å². The molecule has 0 atom stereocenters. The van der Waals surface area contributed by atoms with E-state index in [-0.39, 0.29) is 0 Å². The van der Waals surface area contributed by atoms with E-state index >= 15 is 0 Å². The largest absolute Gasteiger partial charge is 0.308 e. The van der Waals surface area contributed by atoms with Gasteiger partial charge >= 0.3 is 0 Å². The number of aromatic nitrogens is 1. The molecule has 8 aromatic carbocycles. The van der Waals surface area contributed by atoms with E-state index in [1.54, 1.807) is 0 Å². The Kier molecular flexibility index (Phi) is 6.36. The highest BCUT2D eigenvalue weighted by molar-refractivity contribution is 7.27. The molecule has 3 aromatic heterocycles. The SMILES string of the molecule is c1ccc(-c2ccc3c4ccccc4n(-c4cccc5c4sc4c(-c6ccccc6)cc(-c6cccc7c6sc6ccccc67)cc45)c3c2)cc1. The van der Waals surface area contributed by atoms with Crippen molar-refractivity contribution < 1.29 is 0 Å².